The predicted molar refractivity (Wildman–Crippen MR) is 83.7 cm³/mol. The van der Waals surface area contributed by atoms with Gasteiger partial charge in [-0.3, -0.25) is 4.79 Å². The van der Waals surface area contributed by atoms with Crippen LogP contribution < -0.4 is 15.5 Å². The zero-order valence-electron chi connectivity index (χ0n) is 12.5. The van der Waals surface area contributed by atoms with E-state index in [-0.39, 0.29) is 11.8 Å². The molecule has 21 heavy (non-hydrogen) atoms. The molecule has 2 aliphatic rings. The van der Waals surface area contributed by atoms with Crippen LogP contribution in [0.2, 0.25) is 0 Å². The molecule has 3 rings (SSSR count). The van der Waals surface area contributed by atoms with Crippen molar-refractivity contribution in [2.45, 2.75) is 13.3 Å². The molecule has 2 fully saturated rings. The van der Waals surface area contributed by atoms with Crippen LogP contribution in [0.15, 0.2) is 18.2 Å². The van der Waals surface area contributed by atoms with Gasteiger partial charge in [-0.2, -0.15) is 0 Å². The normalized spacial score (nSPS) is 23.0. The van der Waals surface area contributed by atoms with E-state index < -0.39 is 0 Å². The zero-order valence-corrected chi connectivity index (χ0v) is 12.5. The van der Waals surface area contributed by atoms with Crippen molar-refractivity contribution >= 4 is 17.3 Å². The molecule has 2 heterocycles. The Kier molecular flexibility index (Phi) is 4.12. The Morgan fingerprint density at radius 1 is 1.33 bits per heavy atom. The van der Waals surface area contributed by atoms with E-state index >= 15 is 0 Å². The molecule has 0 bridgehead atoms. The Bertz CT molecular complexity index is 526. The van der Waals surface area contributed by atoms with Crippen LogP contribution in [0.25, 0.3) is 0 Å². The Balaban J connectivity index is 1.79. The lowest BCUT2D eigenvalue weighted by Crippen LogP contribution is -2.36. The second kappa shape index (κ2) is 6.03. The molecule has 1 aromatic carbocycles. The van der Waals surface area contributed by atoms with Crippen molar-refractivity contribution in [2.75, 3.05) is 49.2 Å². The van der Waals surface area contributed by atoms with Gasteiger partial charge in [0.1, 0.15) is 0 Å². The van der Waals surface area contributed by atoms with Crippen molar-refractivity contribution < 1.29 is 9.53 Å². The standard InChI is InChI=1S/C16H23N3O2/c1-12-8-14(18-4-6-21-7-5-18)2-3-15(12)19-11-13(10-17)9-16(19)20/h2-3,8,13H,4-7,9-11,17H2,1H3. The topological polar surface area (TPSA) is 58.8 Å². The average Bonchev–Trinajstić information content (AvgIpc) is 2.89. The Hall–Kier alpha value is -1.59. The minimum Gasteiger partial charge on any atom is -0.378 e. The van der Waals surface area contributed by atoms with Crippen LogP contribution in [0.1, 0.15) is 12.0 Å². The highest BCUT2D eigenvalue weighted by Gasteiger charge is 2.30. The van der Waals surface area contributed by atoms with Gasteiger partial charge in [0.2, 0.25) is 5.91 Å². The fourth-order valence-corrected chi connectivity index (χ4v) is 3.13. The summed E-state index contributed by atoms with van der Waals surface area (Å²) >= 11 is 0. The van der Waals surface area contributed by atoms with E-state index in [1.807, 2.05) is 4.90 Å². The summed E-state index contributed by atoms with van der Waals surface area (Å²) in [7, 11) is 0. The average molecular weight is 289 g/mol. The highest BCUT2D eigenvalue weighted by molar-refractivity contribution is 5.96. The van der Waals surface area contributed by atoms with Crippen molar-refractivity contribution in [1.82, 2.24) is 0 Å². The van der Waals surface area contributed by atoms with Crippen LogP contribution in [0.4, 0.5) is 11.4 Å². The van der Waals surface area contributed by atoms with Crippen LogP contribution in [-0.4, -0.2) is 45.3 Å². The number of hydrogen-bond acceptors (Lipinski definition) is 4. The Labute approximate surface area is 125 Å². The molecule has 1 amide bonds. The van der Waals surface area contributed by atoms with Crippen LogP contribution in [0.5, 0.6) is 0 Å². The summed E-state index contributed by atoms with van der Waals surface area (Å²) < 4.78 is 5.39. The summed E-state index contributed by atoms with van der Waals surface area (Å²) in [6.45, 7) is 6.81. The van der Waals surface area contributed by atoms with Gasteiger partial charge in [-0.15, -0.1) is 0 Å². The predicted octanol–water partition coefficient (Wildman–Crippen LogP) is 1.14. The first-order valence-electron chi connectivity index (χ1n) is 7.63. The highest BCUT2D eigenvalue weighted by atomic mass is 16.5. The van der Waals surface area contributed by atoms with E-state index in [0.29, 0.717) is 13.0 Å². The van der Waals surface area contributed by atoms with Gasteiger partial charge in [0.05, 0.1) is 13.2 Å². The second-order valence-corrected chi connectivity index (χ2v) is 5.88. The fourth-order valence-electron chi connectivity index (χ4n) is 3.13. The number of carbonyl (C=O) groups excluding carboxylic acids is 1. The number of hydrogen-bond donors (Lipinski definition) is 1. The summed E-state index contributed by atoms with van der Waals surface area (Å²) in [6, 6.07) is 6.34. The van der Waals surface area contributed by atoms with Gasteiger partial charge in [0, 0.05) is 37.4 Å². The van der Waals surface area contributed by atoms with Gasteiger partial charge < -0.3 is 20.3 Å². The van der Waals surface area contributed by atoms with Crippen molar-refractivity contribution in [3.8, 4) is 0 Å². The maximum Gasteiger partial charge on any atom is 0.227 e. The largest absolute Gasteiger partial charge is 0.378 e. The molecule has 2 aliphatic heterocycles. The number of benzene rings is 1. The van der Waals surface area contributed by atoms with Crippen molar-refractivity contribution in [3.63, 3.8) is 0 Å². The SMILES string of the molecule is Cc1cc(N2CCOCC2)ccc1N1CC(CN)CC1=O. The molecule has 1 atom stereocenters. The lowest BCUT2D eigenvalue weighted by Gasteiger charge is -2.30. The minimum absolute atomic E-state index is 0.188. The summed E-state index contributed by atoms with van der Waals surface area (Å²) in [5, 5.41) is 0. The van der Waals surface area contributed by atoms with Crippen LogP contribution in [0.3, 0.4) is 0 Å². The molecule has 5 nitrogen and oxygen atoms in total. The van der Waals surface area contributed by atoms with Gasteiger partial charge >= 0.3 is 0 Å². The third-order valence-electron chi connectivity index (χ3n) is 4.39. The third kappa shape index (κ3) is 2.89. The lowest BCUT2D eigenvalue weighted by molar-refractivity contribution is -0.117. The number of nitrogens with two attached hydrogens (primary N) is 1. The van der Waals surface area contributed by atoms with Gasteiger partial charge in [-0.25, -0.2) is 0 Å². The Morgan fingerprint density at radius 3 is 2.71 bits per heavy atom. The molecular weight excluding hydrogens is 266 g/mol. The van der Waals surface area contributed by atoms with E-state index in [4.69, 9.17) is 10.5 Å². The van der Waals surface area contributed by atoms with Crippen LogP contribution in [0, 0.1) is 12.8 Å². The van der Waals surface area contributed by atoms with Gasteiger partial charge in [0.25, 0.3) is 0 Å². The summed E-state index contributed by atoms with van der Waals surface area (Å²) in [5.74, 6) is 0.475. The van der Waals surface area contributed by atoms with E-state index in [1.54, 1.807) is 0 Å². The van der Waals surface area contributed by atoms with Gasteiger partial charge in [0.15, 0.2) is 0 Å². The van der Waals surface area contributed by atoms with Crippen molar-refractivity contribution in [1.29, 1.82) is 0 Å². The number of aryl methyl sites for hydroxylation is 1. The molecular formula is C16H23N3O2. The number of morpholine rings is 1. The number of amides is 1. The molecule has 1 aromatic rings. The molecule has 114 valence electrons. The molecule has 1 unspecified atom stereocenters. The van der Waals surface area contributed by atoms with Gasteiger partial charge in [-0.1, -0.05) is 0 Å². The van der Waals surface area contributed by atoms with Crippen molar-refractivity contribution in [3.05, 3.63) is 23.8 Å². The number of anilines is 2. The van der Waals surface area contributed by atoms with E-state index in [1.165, 1.54) is 5.69 Å². The maximum atomic E-state index is 12.1. The molecule has 2 saturated heterocycles. The summed E-state index contributed by atoms with van der Waals surface area (Å²) in [4.78, 5) is 16.3. The summed E-state index contributed by atoms with van der Waals surface area (Å²) in [5.41, 5.74) is 9.07. The minimum atomic E-state index is 0.188. The van der Waals surface area contributed by atoms with Crippen LogP contribution >= 0.6 is 0 Å². The monoisotopic (exact) mass is 289 g/mol. The van der Waals surface area contributed by atoms with E-state index in [2.05, 4.69) is 30.0 Å². The first-order chi connectivity index (χ1) is 10.2. The maximum absolute atomic E-state index is 12.1. The third-order valence-corrected chi connectivity index (χ3v) is 4.39. The van der Waals surface area contributed by atoms with Gasteiger partial charge in [-0.05, 0) is 43.1 Å². The highest BCUT2D eigenvalue weighted by Crippen LogP contribution is 2.30. The number of carbonyl (C=O) groups is 1. The molecule has 0 aliphatic carbocycles. The summed E-state index contributed by atoms with van der Waals surface area (Å²) in [6.07, 6.45) is 0.571. The first kappa shape index (κ1) is 14.4. The molecule has 0 aromatic heterocycles. The quantitative estimate of drug-likeness (QED) is 0.906. The number of nitrogens with zero attached hydrogens (tertiary/aromatic N) is 2. The van der Waals surface area contributed by atoms with E-state index in [0.717, 1.165) is 44.1 Å². The molecule has 0 saturated carbocycles. The second-order valence-electron chi connectivity index (χ2n) is 5.88. The zero-order chi connectivity index (χ0) is 14.8. The van der Waals surface area contributed by atoms with Crippen molar-refractivity contribution in [2.24, 2.45) is 11.7 Å². The lowest BCUT2D eigenvalue weighted by atomic mass is 10.1. The molecule has 2 N–H and O–H groups in total. The molecule has 5 heteroatoms. The Morgan fingerprint density at radius 2 is 2.10 bits per heavy atom. The number of ether oxygens (including phenoxy) is 1. The molecule has 0 radical (unpaired) electrons. The first-order valence-corrected chi connectivity index (χ1v) is 7.63. The van der Waals surface area contributed by atoms with Crippen LogP contribution in [-0.2, 0) is 9.53 Å². The van der Waals surface area contributed by atoms with E-state index in [9.17, 15) is 4.79 Å². The number of rotatable bonds is 3. The smallest absolute Gasteiger partial charge is 0.227 e. The molecule has 0 spiro atoms. The fraction of sp³-hybridized carbons (Fsp3) is 0.562.